The van der Waals surface area contributed by atoms with Gasteiger partial charge in [-0.2, -0.15) is 0 Å². The van der Waals surface area contributed by atoms with Crippen molar-refractivity contribution in [1.29, 1.82) is 0 Å². The highest BCUT2D eigenvalue weighted by molar-refractivity contribution is 7.89. The topological polar surface area (TPSA) is 66.4 Å². The molecular weight excluding hydrogens is 286 g/mol. The van der Waals surface area contributed by atoms with Crippen molar-refractivity contribution in [2.75, 3.05) is 0 Å². The molecule has 0 heterocycles. The highest BCUT2D eigenvalue weighted by Gasteiger charge is 2.18. The molecule has 0 bridgehead atoms. The highest BCUT2D eigenvalue weighted by atomic mass is 35.5. The predicted octanol–water partition coefficient (Wildman–Crippen LogP) is 2.55. The van der Waals surface area contributed by atoms with E-state index in [0.717, 1.165) is 6.42 Å². The monoisotopic (exact) mass is 305 g/mol. The molecule has 1 atom stereocenters. The summed E-state index contributed by atoms with van der Waals surface area (Å²) in [5.74, 6) is 0.415. The van der Waals surface area contributed by atoms with Gasteiger partial charge in [-0.15, -0.1) is 0 Å². The number of hydrogen-bond donors (Lipinski definition) is 2. The molecule has 0 radical (unpaired) electrons. The molecule has 0 aliphatic carbocycles. The molecule has 2 N–H and O–H groups in total. The SMILES string of the molecule is CC(C)CC(C)NS(=O)(=O)c1ccc(CO)c(Cl)c1. The van der Waals surface area contributed by atoms with E-state index in [1.165, 1.54) is 18.2 Å². The molecule has 0 saturated heterocycles. The molecule has 108 valence electrons. The Bertz CT molecular complexity index is 529. The first-order valence-corrected chi connectivity index (χ1v) is 8.04. The molecule has 0 fully saturated rings. The maximum absolute atomic E-state index is 12.1. The average molecular weight is 306 g/mol. The van der Waals surface area contributed by atoms with E-state index >= 15 is 0 Å². The minimum atomic E-state index is -3.57. The Hall–Kier alpha value is -0.620. The largest absolute Gasteiger partial charge is 0.392 e. The van der Waals surface area contributed by atoms with Crippen molar-refractivity contribution >= 4 is 21.6 Å². The number of hydrogen-bond acceptors (Lipinski definition) is 3. The Morgan fingerprint density at radius 3 is 2.42 bits per heavy atom. The van der Waals surface area contributed by atoms with Gasteiger partial charge in [-0.25, -0.2) is 13.1 Å². The highest BCUT2D eigenvalue weighted by Crippen LogP contribution is 2.21. The van der Waals surface area contributed by atoms with E-state index in [0.29, 0.717) is 11.5 Å². The van der Waals surface area contributed by atoms with Crippen LogP contribution in [0, 0.1) is 5.92 Å². The molecule has 0 amide bonds. The smallest absolute Gasteiger partial charge is 0.240 e. The molecule has 1 aromatic carbocycles. The van der Waals surface area contributed by atoms with Gasteiger partial charge in [0.1, 0.15) is 0 Å². The van der Waals surface area contributed by atoms with Crippen molar-refractivity contribution < 1.29 is 13.5 Å². The van der Waals surface area contributed by atoms with Gasteiger partial charge in [0.2, 0.25) is 10.0 Å². The van der Waals surface area contributed by atoms with Crippen LogP contribution < -0.4 is 4.72 Å². The first-order chi connectivity index (χ1) is 8.76. The molecular formula is C13H20ClNO3S. The minimum absolute atomic E-state index is 0.116. The van der Waals surface area contributed by atoms with E-state index in [2.05, 4.69) is 4.72 Å². The summed E-state index contributed by atoms with van der Waals surface area (Å²) in [5, 5.41) is 9.26. The summed E-state index contributed by atoms with van der Waals surface area (Å²) >= 11 is 5.90. The van der Waals surface area contributed by atoms with Gasteiger partial charge in [-0.05, 0) is 37.0 Å². The molecule has 0 aliphatic heterocycles. The number of nitrogens with one attached hydrogen (secondary N) is 1. The third kappa shape index (κ3) is 4.76. The van der Waals surface area contributed by atoms with Gasteiger partial charge < -0.3 is 5.11 Å². The Kier molecular flexibility index (Phi) is 5.80. The van der Waals surface area contributed by atoms with Crippen LogP contribution in [0.2, 0.25) is 5.02 Å². The van der Waals surface area contributed by atoms with E-state index in [9.17, 15) is 8.42 Å². The summed E-state index contributed by atoms with van der Waals surface area (Å²) in [6.45, 7) is 5.70. The zero-order valence-corrected chi connectivity index (χ0v) is 12.9. The van der Waals surface area contributed by atoms with Gasteiger partial charge in [0.15, 0.2) is 0 Å². The number of halogens is 1. The third-order valence-corrected chi connectivity index (χ3v) is 4.63. The molecule has 6 heteroatoms. The van der Waals surface area contributed by atoms with Gasteiger partial charge >= 0.3 is 0 Å². The normalized spacial score (nSPS) is 13.8. The lowest BCUT2D eigenvalue weighted by atomic mass is 10.1. The third-order valence-electron chi connectivity index (χ3n) is 2.69. The van der Waals surface area contributed by atoms with Crippen LogP contribution >= 0.6 is 11.6 Å². The van der Waals surface area contributed by atoms with E-state index in [1.807, 2.05) is 20.8 Å². The van der Waals surface area contributed by atoms with Crippen LogP contribution in [0.25, 0.3) is 0 Å². The molecule has 1 aromatic rings. The molecule has 1 unspecified atom stereocenters. The maximum atomic E-state index is 12.1. The van der Waals surface area contributed by atoms with E-state index in [-0.39, 0.29) is 22.6 Å². The van der Waals surface area contributed by atoms with Crippen LogP contribution in [0.5, 0.6) is 0 Å². The Balaban J connectivity index is 2.91. The predicted molar refractivity (Wildman–Crippen MR) is 76.6 cm³/mol. The maximum Gasteiger partial charge on any atom is 0.240 e. The van der Waals surface area contributed by atoms with Crippen LogP contribution in [0.15, 0.2) is 23.1 Å². The van der Waals surface area contributed by atoms with Crippen LogP contribution in [0.1, 0.15) is 32.8 Å². The second-order valence-corrected chi connectivity index (χ2v) is 7.18. The number of aliphatic hydroxyl groups excluding tert-OH is 1. The Labute approximate surface area is 119 Å². The number of aliphatic hydroxyl groups is 1. The Morgan fingerprint density at radius 1 is 1.32 bits per heavy atom. The summed E-state index contributed by atoms with van der Waals surface area (Å²) in [5.41, 5.74) is 0.510. The lowest BCUT2D eigenvalue weighted by Gasteiger charge is -2.16. The first kappa shape index (κ1) is 16.4. The Morgan fingerprint density at radius 2 is 1.95 bits per heavy atom. The van der Waals surface area contributed by atoms with Crippen molar-refractivity contribution in [3.8, 4) is 0 Å². The van der Waals surface area contributed by atoms with Crippen LogP contribution in [0.3, 0.4) is 0 Å². The summed E-state index contributed by atoms with van der Waals surface area (Å²) in [4.78, 5) is 0.116. The fourth-order valence-electron chi connectivity index (χ4n) is 1.91. The summed E-state index contributed by atoms with van der Waals surface area (Å²) in [6.07, 6.45) is 0.766. The summed E-state index contributed by atoms with van der Waals surface area (Å²) < 4.78 is 26.9. The molecule has 19 heavy (non-hydrogen) atoms. The lowest BCUT2D eigenvalue weighted by molar-refractivity contribution is 0.282. The van der Waals surface area contributed by atoms with Gasteiger partial charge in [0, 0.05) is 11.1 Å². The second kappa shape index (κ2) is 6.70. The first-order valence-electron chi connectivity index (χ1n) is 6.18. The van der Waals surface area contributed by atoms with E-state index in [4.69, 9.17) is 16.7 Å². The molecule has 0 aliphatic rings. The zero-order chi connectivity index (χ0) is 14.6. The van der Waals surface area contributed by atoms with Crippen molar-refractivity contribution in [1.82, 2.24) is 4.72 Å². The summed E-state index contributed by atoms with van der Waals surface area (Å²) in [6, 6.07) is 4.19. The lowest BCUT2D eigenvalue weighted by Crippen LogP contribution is -2.33. The van der Waals surface area contributed by atoms with Crippen molar-refractivity contribution in [3.05, 3.63) is 28.8 Å². The number of sulfonamides is 1. The van der Waals surface area contributed by atoms with E-state index < -0.39 is 10.0 Å². The zero-order valence-electron chi connectivity index (χ0n) is 11.4. The molecule has 0 saturated carbocycles. The van der Waals surface area contributed by atoms with Crippen LogP contribution in [-0.4, -0.2) is 19.6 Å². The molecule has 0 aromatic heterocycles. The average Bonchev–Trinajstić information content (AvgIpc) is 2.26. The van der Waals surface area contributed by atoms with Gasteiger partial charge in [-0.3, -0.25) is 0 Å². The van der Waals surface area contributed by atoms with Crippen LogP contribution in [0.4, 0.5) is 0 Å². The van der Waals surface area contributed by atoms with E-state index in [1.54, 1.807) is 0 Å². The fraction of sp³-hybridized carbons (Fsp3) is 0.538. The van der Waals surface area contributed by atoms with Gasteiger partial charge in [0.05, 0.1) is 11.5 Å². The quantitative estimate of drug-likeness (QED) is 0.849. The van der Waals surface area contributed by atoms with Gasteiger partial charge in [-0.1, -0.05) is 31.5 Å². The standard InChI is InChI=1S/C13H20ClNO3S/c1-9(2)6-10(3)15-19(17,18)12-5-4-11(8-16)13(14)7-12/h4-5,7,9-10,15-16H,6,8H2,1-3H3. The molecule has 4 nitrogen and oxygen atoms in total. The molecule has 1 rings (SSSR count). The second-order valence-electron chi connectivity index (χ2n) is 5.06. The summed E-state index contributed by atoms with van der Waals surface area (Å²) in [7, 11) is -3.57. The van der Waals surface area contributed by atoms with Crippen molar-refractivity contribution in [3.63, 3.8) is 0 Å². The number of rotatable bonds is 6. The van der Waals surface area contributed by atoms with Crippen LogP contribution in [-0.2, 0) is 16.6 Å². The minimum Gasteiger partial charge on any atom is -0.392 e. The van der Waals surface area contributed by atoms with Crippen molar-refractivity contribution in [2.24, 2.45) is 5.92 Å². The fourth-order valence-corrected chi connectivity index (χ4v) is 3.50. The molecule has 0 spiro atoms. The van der Waals surface area contributed by atoms with Crippen molar-refractivity contribution in [2.45, 2.75) is 44.7 Å². The van der Waals surface area contributed by atoms with Gasteiger partial charge in [0.25, 0.3) is 0 Å². The number of benzene rings is 1.